The maximum atomic E-state index is 4.45. The Morgan fingerprint density at radius 2 is 1.89 bits per heavy atom. The molecule has 2 aromatic heterocycles. The minimum absolute atomic E-state index is 0.739. The zero-order valence-electron chi connectivity index (χ0n) is 15.5. The molecule has 1 aromatic carbocycles. The Bertz CT molecular complexity index is 1120. The molecule has 27 heavy (non-hydrogen) atoms. The molecule has 5 heteroatoms. The number of hydrogen-bond acceptors (Lipinski definition) is 4. The number of fused-ring (bicyclic) bond motifs is 2. The third-order valence-corrected chi connectivity index (χ3v) is 5.15. The zero-order chi connectivity index (χ0) is 18.4. The molecule has 5 nitrogen and oxygen atoms in total. The zero-order valence-corrected chi connectivity index (χ0v) is 15.5. The van der Waals surface area contributed by atoms with E-state index in [1.165, 1.54) is 22.4 Å². The lowest BCUT2D eigenvalue weighted by Crippen LogP contribution is -2.27. The molecule has 1 N–H and O–H groups in total. The summed E-state index contributed by atoms with van der Waals surface area (Å²) < 4.78 is 2.17. The van der Waals surface area contributed by atoms with Crippen LogP contribution in [0, 0.1) is 6.92 Å². The van der Waals surface area contributed by atoms with Crippen molar-refractivity contribution >= 4 is 16.9 Å². The monoisotopic (exact) mass is 355 g/mol. The van der Waals surface area contributed by atoms with Gasteiger partial charge in [0.05, 0.1) is 29.8 Å². The fourth-order valence-corrected chi connectivity index (χ4v) is 3.69. The highest BCUT2D eigenvalue weighted by Gasteiger charge is 2.29. The van der Waals surface area contributed by atoms with Crippen LogP contribution in [-0.2, 0) is 6.54 Å². The van der Waals surface area contributed by atoms with Gasteiger partial charge < -0.3 is 14.8 Å². The van der Waals surface area contributed by atoms with Crippen LogP contribution in [-0.4, -0.2) is 26.0 Å². The van der Waals surface area contributed by atoms with E-state index in [0.29, 0.717) is 0 Å². The quantitative estimate of drug-likeness (QED) is 0.776. The second kappa shape index (κ2) is 6.13. The van der Waals surface area contributed by atoms with Crippen molar-refractivity contribution in [3.05, 3.63) is 89.3 Å². The normalized spacial score (nSPS) is 16.3. The van der Waals surface area contributed by atoms with Crippen molar-refractivity contribution in [2.45, 2.75) is 20.4 Å². The molecular formula is C22H21N5. The molecule has 4 heterocycles. The van der Waals surface area contributed by atoms with Crippen LogP contribution >= 0.6 is 0 Å². The van der Waals surface area contributed by atoms with Crippen LogP contribution in [0.4, 0.5) is 0 Å². The van der Waals surface area contributed by atoms with Gasteiger partial charge in [-0.25, -0.2) is 9.97 Å². The van der Waals surface area contributed by atoms with E-state index in [-0.39, 0.29) is 0 Å². The van der Waals surface area contributed by atoms with Crippen molar-refractivity contribution in [3.8, 4) is 0 Å². The van der Waals surface area contributed by atoms with Gasteiger partial charge in [0.1, 0.15) is 5.82 Å². The van der Waals surface area contributed by atoms with Crippen LogP contribution in [0.3, 0.4) is 0 Å². The minimum Gasteiger partial charge on any atom is -0.340 e. The van der Waals surface area contributed by atoms with E-state index in [4.69, 9.17) is 0 Å². The van der Waals surface area contributed by atoms with Crippen LogP contribution in [0.15, 0.2) is 78.2 Å². The van der Waals surface area contributed by atoms with E-state index in [2.05, 4.69) is 81.1 Å². The Morgan fingerprint density at radius 3 is 2.74 bits per heavy atom. The van der Waals surface area contributed by atoms with E-state index in [1.807, 2.05) is 12.4 Å². The molecule has 0 atom stereocenters. The summed E-state index contributed by atoms with van der Waals surface area (Å²) in [5.74, 6) is 1.13. The highest BCUT2D eigenvalue weighted by molar-refractivity contribution is 5.74. The van der Waals surface area contributed by atoms with Gasteiger partial charge in [-0.05, 0) is 37.6 Å². The summed E-state index contributed by atoms with van der Waals surface area (Å²) in [6.45, 7) is 5.92. The molecule has 0 saturated heterocycles. The van der Waals surface area contributed by atoms with E-state index in [0.717, 1.165) is 35.8 Å². The van der Waals surface area contributed by atoms with Gasteiger partial charge in [0, 0.05) is 12.7 Å². The molecular weight excluding hydrogens is 334 g/mol. The van der Waals surface area contributed by atoms with Crippen molar-refractivity contribution in [2.24, 2.45) is 0 Å². The molecule has 0 spiro atoms. The van der Waals surface area contributed by atoms with Crippen molar-refractivity contribution in [1.29, 1.82) is 0 Å². The topological polar surface area (TPSA) is 46.0 Å². The largest absolute Gasteiger partial charge is 0.340 e. The smallest absolute Gasteiger partial charge is 0.177 e. The predicted molar refractivity (Wildman–Crippen MR) is 107 cm³/mol. The lowest BCUT2D eigenvalue weighted by molar-refractivity contribution is 0.437. The van der Waals surface area contributed by atoms with Crippen molar-refractivity contribution in [3.63, 3.8) is 0 Å². The molecule has 2 aliphatic rings. The molecule has 0 aliphatic carbocycles. The Kier molecular flexibility index (Phi) is 3.60. The molecule has 5 rings (SSSR count). The van der Waals surface area contributed by atoms with Crippen LogP contribution in [0.25, 0.3) is 16.9 Å². The molecule has 0 fully saturated rings. The van der Waals surface area contributed by atoms with E-state index >= 15 is 0 Å². The first kappa shape index (κ1) is 15.9. The first-order chi connectivity index (χ1) is 13.2. The van der Waals surface area contributed by atoms with Crippen molar-refractivity contribution < 1.29 is 0 Å². The lowest BCUT2D eigenvalue weighted by Gasteiger charge is -2.26. The van der Waals surface area contributed by atoms with Gasteiger partial charge in [-0.2, -0.15) is 0 Å². The van der Waals surface area contributed by atoms with Gasteiger partial charge in [-0.1, -0.05) is 41.5 Å². The highest BCUT2D eigenvalue weighted by Crippen LogP contribution is 2.33. The summed E-state index contributed by atoms with van der Waals surface area (Å²) in [6, 6.07) is 12.7. The molecule has 0 radical (unpaired) electrons. The Hall–Kier alpha value is -3.34. The fourth-order valence-electron chi connectivity index (χ4n) is 3.69. The van der Waals surface area contributed by atoms with E-state index in [9.17, 15) is 0 Å². The second-order valence-corrected chi connectivity index (χ2v) is 7.18. The third kappa shape index (κ3) is 2.72. The maximum Gasteiger partial charge on any atom is 0.177 e. The molecule has 2 aliphatic heterocycles. The van der Waals surface area contributed by atoms with E-state index in [1.54, 1.807) is 6.20 Å². The molecule has 134 valence electrons. The molecule has 0 saturated carbocycles. The number of aryl methyl sites for hydroxylation is 1. The average molecular weight is 355 g/mol. The molecule has 0 unspecified atom stereocenters. The Morgan fingerprint density at radius 1 is 1.04 bits per heavy atom. The number of hydrogen-bond donors (Lipinski definition) is 1. The van der Waals surface area contributed by atoms with Crippen LogP contribution in [0.1, 0.15) is 18.1 Å². The number of aromatic nitrogens is 3. The Balaban J connectivity index is 1.61. The fraction of sp³-hybridized carbons (Fsp3) is 0.182. The number of rotatable bonds is 3. The van der Waals surface area contributed by atoms with Crippen LogP contribution in [0.5, 0.6) is 0 Å². The predicted octanol–water partition coefficient (Wildman–Crippen LogP) is 3.82. The SMILES string of the molecule is CC1=CC=C2NC(c3ccc(C)cc3)=C(Cn3cnc4ncccc43)N2C1. The number of imidazole rings is 1. The average Bonchev–Trinajstić information content (AvgIpc) is 3.25. The van der Waals surface area contributed by atoms with E-state index < -0.39 is 0 Å². The first-order valence-corrected chi connectivity index (χ1v) is 9.17. The standard InChI is InChI=1S/C22H21N5/c1-15-5-8-17(9-6-15)21-19(27-12-16(2)7-10-20(27)25-21)13-26-14-24-22-18(26)4-3-11-23-22/h3-11,14,25H,12-13H2,1-2H3. The van der Waals surface area contributed by atoms with Crippen molar-refractivity contribution in [1.82, 2.24) is 24.8 Å². The molecule has 0 amide bonds. The van der Waals surface area contributed by atoms with Gasteiger partial charge in [0.15, 0.2) is 5.65 Å². The first-order valence-electron chi connectivity index (χ1n) is 9.17. The number of allylic oxidation sites excluding steroid dienone is 3. The summed E-state index contributed by atoms with van der Waals surface area (Å²) >= 11 is 0. The summed E-state index contributed by atoms with van der Waals surface area (Å²) in [4.78, 5) is 11.2. The lowest BCUT2D eigenvalue weighted by atomic mass is 10.1. The highest BCUT2D eigenvalue weighted by atomic mass is 15.3. The number of pyridine rings is 1. The third-order valence-electron chi connectivity index (χ3n) is 5.15. The number of nitrogens with one attached hydrogen (secondary N) is 1. The number of benzene rings is 1. The summed E-state index contributed by atoms with van der Waals surface area (Å²) in [7, 11) is 0. The van der Waals surface area contributed by atoms with Crippen molar-refractivity contribution in [2.75, 3.05) is 6.54 Å². The van der Waals surface area contributed by atoms with Crippen LogP contribution in [0.2, 0.25) is 0 Å². The molecule has 0 bridgehead atoms. The van der Waals surface area contributed by atoms with Gasteiger partial charge in [0.2, 0.25) is 0 Å². The minimum atomic E-state index is 0.739. The van der Waals surface area contributed by atoms with Crippen LogP contribution < -0.4 is 5.32 Å². The summed E-state index contributed by atoms with van der Waals surface area (Å²) in [6.07, 6.45) is 8.01. The summed E-state index contributed by atoms with van der Waals surface area (Å²) in [5.41, 5.74) is 8.06. The van der Waals surface area contributed by atoms with Gasteiger partial charge in [-0.15, -0.1) is 0 Å². The maximum absolute atomic E-state index is 4.45. The molecule has 3 aromatic rings. The summed E-state index contributed by atoms with van der Waals surface area (Å²) in [5, 5.41) is 3.63. The van der Waals surface area contributed by atoms with Gasteiger partial charge in [0.25, 0.3) is 0 Å². The Labute approximate surface area is 158 Å². The number of nitrogens with zero attached hydrogens (tertiary/aromatic N) is 4. The second-order valence-electron chi connectivity index (χ2n) is 7.18. The van der Waals surface area contributed by atoms with Gasteiger partial charge in [-0.3, -0.25) is 0 Å². The van der Waals surface area contributed by atoms with Gasteiger partial charge >= 0.3 is 0 Å².